The highest BCUT2D eigenvalue weighted by Gasteiger charge is 2.54. The van der Waals surface area contributed by atoms with Gasteiger partial charge in [-0.05, 0) is 13.8 Å². The van der Waals surface area contributed by atoms with Gasteiger partial charge < -0.3 is 75.4 Å². The van der Waals surface area contributed by atoms with Crippen LogP contribution in [-0.4, -0.2) is 183 Å². The van der Waals surface area contributed by atoms with Crippen molar-refractivity contribution in [1.29, 1.82) is 0 Å². The van der Waals surface area contributed by atoms with Crippen molar-refractivity contribution >= 4 is 82.5 Å². The number of nitrogens with zero attached hydrogens (tertiary/aromatic N) is 10. The van der Waals surface area contributed by atoms with Gasteiger partial charge in [0.2, 0.25) is 17.7 Å². The number of aryl methyl sites for hydroxylation is 1. The summed E-state index contributed by atoms with van der Waals surface area (Å²) in [4.78, 5) is 97.2. The Balaban J connectivity index is 0.885. The Kier molecular flexibility index (Phi) is 16.5. The molecule has 434 valence electrons. The minimum Gasteiger partial charge on any atom is -0.387 e. The van der Waals surface area contributed by atoms with Crippen LogP contribution in [0.5, 0.6) is 0 Å². The third-order valence-corrected chi connectivity index (χ3v) is 17.4. The van der Waals surface area contributed by atoms with Gasteiger partial charge in [-0.2, -0.15) is 13.6 Å². The van der Waals surface area contributed by atoms with Gasteiger partial charge in [-0.25, -0.2) is 42.8 Å². The summed E-state index contributed by atoms with van der Waals surface area (Å²) in [6.07, 6.45) is -14.8. The first-order chi connectivity index (χ1) is 37.1. The maximum absolute atomic E-state index is 14.0. The van der Waals surface area contributed by atoms with Crippen molar-refractivity contribution < 1.29 is 108 Å². The van der Waals surface area contributed by atoms with Crippen LogP contribution >= 0.6 is 31.3 Å². The molecule has 14 N–H and O–H groups in total. The van der Waals surface area contributed by atoms with Gasteiger partial charge in [0, 0.05) is 14.2 Å². The van der Waals surface area contributed by atoms with Crippen molar-refractivity contribution in [2.75, 3.05) is 50.8 Å². The molecule has 0 aliphatic carbocycles. The summed E-state index contributed by atoms with van der Waals surface area (Å²) in [6.45, 7) is 0.0450. The molecule has 6 aromatic heterocycles. The number of hydrogen-bond donors (Lipinski definition) is 12. The Hall–Kier alpha value is -5.15. The lowest BCUT2D eigenvalue weighted by atomic mass is 10.1. The number of rotatable bonds is 22. The molecule has 3 saturated heterocycles. The number of nitrogens with one attached hydrogen (secondary N) is 3. The van der Waals surface area contributed by atoms with E-state index in [9.17, 15) is 62.7 Å². The highest BCUT2D eigenvalue weighted by atomic mass is 31.3. The summed E-state index contributed by atoms with van der Waals surface area (Å²) in [6, 6.07) is 0. The standard InChI is InChI=1S/C36H51N15O24P4/c1-13(2)69-23-15(71-33(22(23)54)50-11-43-18-28(50)44-35(37)46-30(18)55)7-66-76(57,58)73-24-16(72-34(25(24)65-5)49-10-42-17-26(39-3)40-9-41-27(17)49)8-68-78(61,62)75-79(63,64)74-77(59,60)67-6-14-20(52)21(53)32(70-14)51-12-48(4)19-29(51)45-36(38)47-31(19)56/h9-16,20-25,32-34,52-54H,6-8H2,1-5H3,(H10-,37,38,39,40,41,44,45,46,47,55,56,57,58,59,60,61,62,63,64)/p+1/t14-,15+,16+,20+,21?,22?,23-,24-,25?,32-,33+,34+/m0/s1. The third-order valence-electron chi connectivity index (χ3n) is 12.2. The second-order valence-electron chi connectivity index (χ2n) is 17.8. The zero-order valence-corrected chi connectivity index (χ0v) is 45.0. The summed E-state index contributed by atoms with van der Waals surface area (Å²) in [5, 5.41) is 35.8. The third kappa shape index (κ3) is 12.1. The van der Waals surface area contributed by atoms with E-state index in [2.05, 4.69) is 53.8 Å². The van der Waals surface area contributed by atoms with Crippen LogP contribution in [0.25, 0.3) is 33.5 Å². The molecule has 0 aromatic carbocycles. The molecule has 43 heteroatoms. The molecule has 3 aliphatic rings. The highest BCUT2D eigenvalue weighted by Crippen LogP contribution is 2.68. The Bertz CT molecular complexity index is 3560. The van der Waals surface area contributed by atoms with Crippen molar-refractivity contribution in [3.8, 4) is 0 Å². The molecule has 39 nitrogen and oxygen atoms in total. The number of ether oxygens (including phenoxy) is 5. The van der Waals surface area contributed by atoms with Gasteiger partial charge in [0.05, 0.1) is 45.6 Å². The van der Waals surface area contributed by atoms with Gasteiger partial charge in [-0.15, -0.1) is 0 Å². The van der Waals surface area contributed by atoms with Crippen LogP contribution in [0.15, 0.2) is 34.9 Å². The largest absolute Gasteiger partial charge is 0.490 e. The zero-order chi connectivity index (χ0) is 57.3. The van der Waals surface area contributed by atoms with Crippen LogP contribution in [0.3, 0.4) is 0 Å². The van der Waals surface area contributed by atoms with E-state index in [1.165, 1.54) is 39.7 Å². The first-order valence-electron chi connectivity index (χ1n) is 23.0. The van der Waals surface area contributed by atoms with Crippen molar-refractivity contribution in [2.24, 2.45) is 7.05 Å². The molecule has 3 aliphatic heterocycles. The molecule has 9 heterocycles. The Morgan fingerprint density at radius 3 is 1.95 bits per heavy atom. The lowest BCUT2D eigenvalue weighted by molar-refractivity contribution is -0.745. The molecule has 3 fully saturated rings. The Labute approximate surface area is 440 Å². The lowest BCUT2D eigenvalue weighted by Gasteiger charge is -2.27. The number of nitrogen functional groups attached to an aromatic ring is 2. The number of nitrogens with two attached hydrogens (primary N) is 2. The van der Waals surface area contributed by atoms with Gasteiger partial charge in [0.1, 0.15) is 66.8 Å². The number of hydrogen-bond acceptors (Lipinski definition) is 29. The van der Waals surface area contributed by atoms with Crippen molar-refractivity contribution in [2.45, 2.75) is 93.6 Å². The van der Waals surface area contributed by atoms with Gasteiger partial charge in [-0.1, -0.05) is 4.98 Å². The fourth-order valence-corrected chi connectivity index (χ4v) is 13.4. The molecule has 0 amide bonds. The van der Waals surface area contributed by atoms with E-state index in [1.807, 2.05) is 0 Å². The van der Waals surface area contributed by atoms with Gasteiger partial charge in [0.25, 0.3) is 17.1 Å². The monoisotopic (exact) mass is 1200 g/mol. The number of phosphoric ester groups is 3. The highest BCUT2D eigenvalue weighted by molar-refractivity contribution is 7.66. The number of anilines is 3. The molecule has 9 rings (SSSR count). The van der Waals surface area contributed by atoms with Crippen LogP contribution < -0.4 is 32.5 Å². The van der Waals surface area contributed by atoms with E-state index in [-0.39, 0.29) is 51.2 Å². The second-order valence-corrected chi connectivity index (χ2v) is 23.9. The van der Waals surface area contributed by atoms with Crippen LogP contribution in [-0.2, 0) is 75.7 Å². The minimum absolute atomic E-state index is 0.0180. The first kappa shape index (κ1) is 58.5. The summed E-state index contributed by atoms with van der Waals surface area (Å²) >= 11 is 0. The normalized spacial score (nSPS) is 29.6. The maximum atomic E-state index is 14.0. The Morgan fingerprint density at radius 1 is 0.722 bits per heavy atom. The fraction of sp³-hybridized carbons (Fsp3) is 0.583. The number of aromatic amines is 2. The number of methoxy groups -OCH3 is 1. The van der Waals surface area contributed by atoms with E-state index in [0.29, 0.717) is 0 Å². The maximum Gasteiger partial charge on any atom is 0.490 e. The van der Waals surface area contributed by atoms with Crippen LogP contribution in [0, 0.1) is 0 Å². The molecule has 6 aromatic rings. The molecular weight excluding hydrogens is 1150 g/mol. The number of H-pyrrole nitrogens is 2. The van der Waals surface area contributed by atoms with Gasteiger partial charge in [0.15, 0.2) is 41.4 Å². The van der Waals surface area contributed by atoms with E-state index in [0.717, 1.165) is 18.0 Å². The molecule has 16 atom stereocenters. The number of phosphoric acid groups is 4. The van der Waals surface area contributed by atoms with Gasteiger partial charge >= 0.3 is 36.9 Å². The van der Waals surface area contributed by atoms with Crippen LogP contribution in [0.4, 0.5) is 17.7 Å². The lowest BCUT2D eigenvalue weighted by Crippen LogP contribution is -2.46. The smallest absolute Gasteiger partial charge is 0.387 e. The zero-order valence-electron chi connectivity index (χ0n) is 41.4. The average molecular weight is 1200 g/mol. The van der Waals surface area contributed by atoms with E-state index < -0.39 is 142 Å². The number of imidazole rings is 3. The molecule has 7 unspecified atom stereocenters. The molecule has 0 spiro atoms. The fourth-order valence-electron chi connectivity index (χ4n) is 8.92. The SMILES string of the molecule is CNc1ncnc2c1ncn2[C@@H]1O[C@H](COP(=O)(O)OP(=O)(O)OP(=O)(O)OC[C@@H]2O[C@H]([n+]3cn(C)c4c(=O)[nH]c(N)nc43)C(O)[C@@H]2O)[C@H](OP(=O)(O)OC[C@H]2O[C@@H](n3cnc4c(=O)[nH]c(N)nc43)C(O)[C@H]2OC(C)C)C1OC. The van der Waals surface area contributed by atoms with E-state index in [4.69, 9.17) is 53.2 Å². The average Bonchev–Trinajstić information content (AvgIpc) is 4.42. The van der Waals surface area contributed by atoms with Crippen molar-refractivity contribution in [3.05, 3.63) is 46.0 Å². The molecule has 0 bridgehead atoms. The predicted molar refractivity (Wildman–Crippen MR) is 258 cm³/mol. The number of aliphatic hydroxyl groups excluding tert-OH is 3. The summed E-state index contributed by atoms with van der Waals surface area (Å²) in [7, 11) is -19.3. The molecule has 0 saturated carbocycles. The summed E-state index contributed by atoms with van der Waals surface area (Å²) in [5.74, 6) is -0.321. The van der Waals surface area contributed by atoms with Crippen LogP contribution in [0.1, 0.15) is 32.5 Å². The van der Waals surface area contributed by atoms with Crippen LogP contribution in [0.2, 0.25) is 0 Å². The topological polar surface area (TPSA) is 537 Å². The summed E-state index contributed by atoms with van der Waals surface area (Å²) < 4.78 is 117. The number of aliphatic hydroxyl groups is 3. The number of fused-ring (bicyclic) bond motifs is 3. The Morgan fingerprint density at radius 2 is 1.30 bits per heavy atom. The van der Waals surface area contributed by atoms with E-state index in [1.54, 1.807) is 20.9 Å². The van der Waals surface area contributed by atoms with Crippen molar-refractivity contribution in [3.63, 3.8) is 0 Å². The predicted octanol–water partition coefficient (Wildman–Crippen LogP) is -2.82. The molecule has 0 radical (unpaired) electrons. The minimum atomic E-state index is -6.20. The summed E-state index contributed by atoms with van der Waals surface area (Å²) in [5.41, 5.74) is 10.0. The van der Waals surface area contributed by atoms with Crippen molar-refractivity contribution in [1.82, 2.24) is 53.6 Å². The molecular formula is C36H52N15O24P4+. The first-order valence-corrected chi connectivity index (χ1v) is 29.0. The second kappa shape index (κ2) is 22.3. The number of aromatic nitrogens is 12. The quantitative estimate of drug-likeness (QED) is 0.0241. The van der Waals surface area contributed by atoms with Gasteiger partial charge in [-0.3, -0.25) is 51.4 Å². The van der Waals surface area contributed by atoms with E-state index >= 15 is 0 Å². The molecule has 79 heavy (non-hydrogen) atoms.